The maximum absolute atomic E-state index is 9.04. The Morgan fingerprint density at radius 3 is 2.61 bits per heavy atom. The van der Waals surface area contributed by atoms with E-state index in [-0.39, 0.29) is 12.4 Å². The number of nitrogens with zero attached hydrogens (tertiary/aromatic N) is 1. The summed E-state index contributed by atoms with van der Waals surface area (Å²) in [6.07, 6.45) is 1.07. The summed E-state index contributed by atoms with van der Waals surface area (Å²) in [5.41, 5.74) is 8.60. The van der Waals surface area contributed by atoms with Crippen molar-refractivity contribution in [2.75, 3.05) is 19.7 Å². The average Bonchev–Trinajstić information content (AvgIpc) is 2.32. The number of benzene rings is 1. The van der Waals surface area contributed by atoms with E-state index in [0.717, 1.165) is 30.6 Å². The van der Waals surface area contributed by atoms with Gasteiger partial charge in [0.15, 0.2) is 0 Å². The number of nitrogens with two attached hydrogens (primary N) is 1. The minimum Gasteiger partial charge on any atom is -0.395 e. The molecule has 0 heterocycles. The zero-order chi connectivity index (χ0) is 13.5. The molecule has 100 valence electrons. The van der Waals surface area contributed by atoms with Crippen LogP contribution in [-0.4, -0.2) is 35.5 Å². The minimum absolute atomic E-state index is 0.102. The average molecular weight is 249 g/mol. The van der Waals surface area contributed by atoms with E-state index in [2.05, 4.69) is 11.8 Å². The largest absolute Gasteiger partial charge is 0.395 e. The van der Waals surface area contributed by atoms with Crippen LogP contribution in [0.1, 0.15) is 30.0 Å². The molecule has 0 aliphatic heterocycles. The van der Waals surface area contributed by atoms with E-state index < -0.39 is 0 Å². The van der Waals surface area contributed by atoms with E-state index in [0.29, 0.717) is 6.54 Å². The molecule has 0 spiro atoms. The van der Waals surface area contributed by atoms with Gasteiger partial charge in [-0.05, 0) is 37.1 Å². The molecule has 0 saturated carbocycles. The Bertz CT molecular complexity index is 398. The molecule has 0 fully saturated rings. The maximum atomic E-state index is 9.04. The lowest BCUT2D eigenvalue weighted by atomic mass is 10.0. The summed E-state index contributed by atoms with van der Waals surface area (Å²) < 4.78 is 0. The molecule has 0 unspecified atom stereocenters. The van der Waals surface area contributed by atoms with E-state index in [4.69, 9.17) is 16.2 Å². The first-order valence-electron chi connectivity index (χ1n) is 6.35. The molecule has 1 aromatic carbocycles. The molecule has 0 aromatic heterocycles. The quantitative estimate of drug-likeness (QED) is 0.506. The number of hydrogen-bond donors (Lipinski definition) is 3. The van der Waals surface area contributed by atoms with E-state index >= 15 is 0 Å². The summed E-state index contributed by atoms with van der Waals surface area (Å²) in [6.45, 7) is 6.86. The second-order valence-electron chi connectivity index (χ2n) is 4.55. The van der Waals surface area contributed by atoms with Gasteiger partial charge in [0.1, 0.15) is 5.84 Å². The van der Waals surface area contributed by atoms with Crippen molar-refractivity contribution in [1.29, 1.82) is 5.41 Å². The summed E-state index contributed by atoms with van der Waals surface area (Å²) >= 11 is 0. The molecule has 18 heavy (non-hydrogen) atoms. The zero-order valence-corrected chi connectivity index (χ0v) is 11.2. The zero-order valence-electron chi connectivity index (χ0n) is 11.2. The summed E-state index contributed by atoms with van der Waals surface area (Å²) in [6, 6.07) is 5.85. The molecule has 0 atom stereocenters. The maximum Gasteiger partial charge on any atom is 0.122 e. The second kappa shape index (κ2) is 7.13. The van der Waals surface area contributed by atoms with Gasteiger partial charge in [-0.25, -0.2) is 0 Å². The number of aliphatic hydroxyl groups excluding tert-OH is 1. The van der Waals surface area contributed by atoms with Gasteiger partial charge in [0, 0.05) is 18.7 Å². The van der Waals surface area contributed by atoms with Crippen molar-refractivity contribution >= 4 is 5.84 Å². The van der Waals surface area contributed by atoms with Crippen LogP contribution >= 0.6 is 0 Å². The lowest BCUT2D eigenvalue weighted by Crippen LogP contribution is -2.27. The number of hydrogen-bond acceptors (Lipinski definition) is 3. The molecule has 0 aliphatic rings. The molecular formula is C14H23N3O. The third kappa shape index (κ3) is 4.13. The number of aryl methyl sites for hydroxylation is 1. The Kier molecular flexibility index (Phi) is 5.82. The standard InChI is InChI=1S/C14H23N3O/c1-3-6-17(7-8-18)10-13-5-4-12(14(15)16)9-11(13)2/h4-5,9,18H,3,6-8,10H2,1-2H3,(H3,15,16). The van der Waals surface area contributed by atoms with E-state index in [9.17, 15) is 0 Å². The highest BCUT2D eigenvalue weighted by molar-refractivity contribution is 5.95. The van der Waals surface area contributed by atoms with Crippen molar-refractivity contribution in [3.05, 3.63) is 34.9 Å². The number of nitrogens with one attached hydrogen (secondary N) is 1. The lowest BCUT2D eigenvalue weighted by molar-refractivity contribution is 0.190. The third-order valence-electron chi connectivity index (χ3n) is 3.00. The highest BCUT2D eigenvalue weighted by Crippen LogP contribution is 2.13. The van der Waals surface area contributed by atoms with Crippen molar-refractivity contribution in [3.63, 3.8) is 0 Å². The first-order valence-corrected chi connectivity index (χ1v) is 6.35. The Morgan fingerprint density at radius 1 is 1.39 bits per heavy atom. The SMILES string of the molecule is CCCN(CCO)Cc1ccc(C(=N)N)cc1C. The first kappa shape index (κ1) is 14.7. The van der Waals surface area contributed by atoms with Crippen molar-refractivity contribution < 1.29 is 5.11 Å². The van der Waals surface area contributed by atoms with Crippen LogP contribution in [0.3, 0.4) is 0 Å². The summed E-state index contributed by atoms with van der Waals surface area (Å²) in [4.78, 5) is 2.23. The molecule has 1 aromatic rings. The summed E-state index contributed by atoms with van der Waals surface area (Å²) in [7, 11) is 0. The predicted molar refractivity (Wildman–Crippen MR) is 74.8 cm³/mol. The van der Waals surface area contributed by atoms with Crippen LogP contribution in [0.5, 0.6) is 0 Å². The Morgan fingerprint density at radius 2 is 2.11 bits per heavy atom. The molecular weight excluding hydrogens is 226 g/mol. The van der Waals surface area contributed by atoms with Gasteiger partial charge >= 0.3 is 0 Å². The van der Waals surface area contributed by atoms with Crippen LogP contribution < -0.4 is 5.73 Å². The number of nitrogen functional groups attached to an aromatic ring is 1. The summed E-state index contributed by atoms with van der Waals surface area (Å²) in [5, 5.41) is 16.5. The van der Waals surface area contributed by atoms with Gasteiger partial charge in [-0.2, -0.15) is 0 Å². The van der Waals surface area contributed by atoms with Crippen LogP contribution in [0.25, 0.3) is 0 Å². The third-order valence-corrected chi connectivity index (χ3v) is 3.00. The summed E-state index contributed by atoms with van der Waals surface area (Å²) in [5.74, 6) is 0.102. The van der Waals surface area contributed by atoms with Gasteiger partial charge in [-0.1, -0.05) is 19.1 Å². The van der Waals surface area contributed by atoms with Crippen molar-refractivity contribution in [3.8, 4) is 0 Å². The highest BCUT2D eigenvalue weighted by atomic mass is 16.3. The Labute approximate surface area is 109 Å². The van der Waals surface area contributed by atoms with Crippen molar-refractivity contribution in [2.24, 2.45) is 5.73 Å². The van der Waals surface area contributed by atoms with Crippen molar-refractivity contribution in [2.45, 2.75) is 26.8 Å². The fourth-order valence-electron chi connectivity index (χ4n) is 2.01. The Balaban J connectivity index is 2.79. The fraction of sp³-hybridized carbons (Fsp3) is 0.500. The molecule has 4 nitrogen and oxygen atoms in total. The van der Waals surface area contributed by atoms with E-state index in [1.165, 1.54) is 5.56 Å². The van der Waals surface area contributed by atoms with Crippen LogP contribution in [0, 0.1) is 12.3 Å². The smallest absolute Gasteiger partial charge is 0.122 e. The molecule has 0 radical (unpaired) electrons. The first-order chi connectivity index (χ1) is 8.58. The normalized spacial score (nSPS) is 10.9. The van der Waals surface area contributed by atoms with E-state index in [1.807, 2.05) is 25.1 Å². The monoisotopic (exact) mass is 249 g/mol. The van der Waals surface area contributed by atoms with Crippen LogP contribution in [-0.2, 0) is 6.54 Å². The van der Waals surface area contributed by atoms with Gasteiger partial charge in [0.25, 0.3) is 0 Å². The number of amidine groups is 1. The van der Waals surface area contributed by atoms with Crippen LogP contribution in [0.4, 0.5) is 0 Å². The van der Waals surface area contributed by atoms with Crippen LogP contribution in [0.15, 0.2) is 18.2 Å². The van der Waals surface area contributed by atoms with Crippen LogP contribution in [0.2, 0.25) is 0 Å². The second-order valence-corrected chi connectivity index (χ2v) is 4.55. The Hall–Kier alpha value is -1.39. The molecule has 1 rings (SSSR count). The minimum atomic E-state index is 0.102. The molecule has 0 amide bonds. The number of aliphatic hydroxyl groups is 1. The molecule has 0 saturated heterocycles. The highest BCUT2D eigenvalue weighted by Gasteiger charge is 2.07. The van der Waals surface area contributed by atoms with Gasteiger partial charge in [0.05, 0.1) is 6.61 Å². The number of rotatable bonds is 7. The van der Waals surface area contributed by atoms with Gasteiger partial charge in [-0.3, -0.25) is 10.3 Å². The molecule has 0 bridgehead atoms. The lowest BCUT2D eigenvalue weighted by Gasteiger charge is -2.21. The fourth-order valence-corrected chi connectivity index (χ4v) is 2.01. The van der Waals surface area contributed by atoms with Gasteiger partial charge in [0.2, 0.25) is 0 Å². The topological polar surface area (TPSA) is 73.3 Å². The predicted octanol–water partition coefficient (Wildman–Crippen LogP) is 1.48. The van der Waals surface area contributed by atoms with Crippen molar-refractivity contribution in [1.82, 2.24) is 4.90 Å². The molecule has 4 heteroatoms. The molecule has 4 N–H and O–H groups in total. The van der Waals surface area contributed by atoms with Gasteiger partial charge < -0.3 is 10.8 Å². The van der Waals surface area contributed by atoms with E-state index in [1.54, 1.807) is 0 Å². The van der Waals surface area contributed by atoms with Gasteiger partial charge in [-0.15, -0.1) is 0 Å². The molecule has 0 aliphatic carbocycles.